The molecule has 3 nitrogen and oxygen atoms in total. The molecule has 0 radical (unpaired) electrons. The summed E-state index contributed by atoms with van der Waals surface area (Å²) in [4.78, 5) is 5.43. The highest BCUT2D eigenvalue weighted by Gasteiger charge is 2.48. The van der Waals surface area contributed by atoms with E-state index in [2.05, 4.69) is 377 Å². The van der Waals surface area contributed by atoms with Gasteiger partial charge >= 0.3 is 0 Å². The van der Waals surface area contributed by atoms with Crippen LogP contribution in [0.25, 0.3) is 88.7 Å². The first kappa shape index (κ1) is 59.8. The number of aromatic nitrogens is 1. The van der Waals surface area contributed by atoms with Crippen LogP contribution in [0.15, 0.2) is 349 Å². The van der Waals surface area contributed by atoms with Gasteiger partial charge in [-0.15, -0.1) is 0 Å². The maximum Gasteiger partial charge on any atom is 0.252 e. The van der Waals surface area contributed by atoms with Crippen molar-refractivity contribution in [3.8, 4) is 61.3 Å². The standard InChI is InChI=1S/C96H76BN3/c1-95(2,3)71-52-68-46-47-69-53-72(96(4,5)6)58-81-80(55-70(54-71)90(68)91(69)81)67-49-51-83-87(57-67)100(94-76(64-34-18-10-19-35-64)42-27-43-77(94)65-36-20-11-21-37-65)89-60-73(98-84-44-24-22-38-78(84)79-39-23-25-45-85(79)98)59-88-92(89)97(83)82-50-48-66(61-28-12-7-13-29-61)56-86(82)99(88)93-74(62-30-14-8-15-31-62)40-26-41-75(93)63-32-16-9-17-33-63/h7-52,54-60,69,90-91H,53H2,1-6H3. The second kappa shape index (κ2) is 23.1. The van der Waals surface area contributed by atoms with Crippen LogP contribution in [0.5, 0.6) is 0 Å². The Morgan fingerprint density at radius 1 is 0.370 bits per heavy atom. The van der Waals surface area contributed by atoms with Crippen LogP contribution in [0.1, 0.15) is 53.5 Å². The lowest BCUT2D eigenvalue weighted by molar-refractivity contribution is 0.329. The number of para-hydroxylation sites is 4. The van der Waals surface area contributed by atoms with Crippen molar-refractivity contribution in [2.24, 2.45) is 28.6 Å². The number of hydrogen-bond donors (Lipinski definition) is 0. The number of allylic oxidation sites excluding steroid dienone is 12. The summed E-state index contributed by atoms with van der Waals surface area (Å²) >= 11 is 0. The Kier molecular flexibility index (Phi) is 13.8. The molecule has 12 aromatic carbocycles. The summed E-state index contributed by atoms with van der Waals surface area (Å²) in [7, 11) is 0. The molecule has 0 saturated carbocycles. The number of nitrogens with zero attached hydrogens (tertiary/aromatic N) is 3. The van der Waals surface area contributed by atoms with Crippen molar-refractivity contribution in [1.82, 2.24) is 4.57 Å². The average molecular weight is 1280 g/mol. The second-order valence-electron chi connectivity index (χ2n) is 30.3. The maximum absolute atomic E-state index is 2.74. The molecule has 100 heavy (non-hydrogen) atoms. The number of rotatable bonds is 9. The number of hydrogen-bond acceptors (Lipinski definition) is 2. The van der Waals surface area contributed by atoms with Gasteiger partial charge in [0, 0.05) is 67.6 Å². The highest BCUT2D eigenvalue weighted by molar-refractivity contribution is 7.00. The lowest BCUT2D eigenvalue weighted by atomic mass is 9.33. The first-order chi connectivity index (χ1) is 48.9. The van der Waals surface area contributed by atoms with E-state index in [1.807, 2.05) is 0 Å². The molecule has 4 heteroatoms. The van der Waals surface area contributed by atoms with E-state index in [-0.39, 0.29) is 17.5 Å². The molecule has 0 amide bonds. The van der Waals surface area contributed by atoms with Gasteiger partial charge in [0.1, 0.15) is 0 Å². The van der Waals surface area contributed by atoms with Crippen LogP contribution in [-0.4, -0.2) is 11.3 Å². The van der Waals surface area contributed by atoms with Gasteiger partial charge in [0.15, 0.2) is 0 Å². The molecule has 13 aromatic rings. The summed E-state index contributed by atoms with van der Waals surface area (Å²) < 4.78 is 2.55. The molecule has 0 N–H and O–H groups in total. The van der Waals surface area contributed by atoms with Crippen LogP contribution >= 0.6 is 0 Å². The fourth-order valence-corrected chi connectivity index (χ4v) is 17.7. The molecule has 0 fully saturated rings. The van der Waals surface area contributed by atoms with Gasteiger partial charge in [-0.3, -0.25) is 0 Å². The number of fused-ring (bicyclic) bond motifs is 7. The molecule has 1 aromatic heterocycles. The Morgan fingerprint density at radius 3 is 1.30 bits per heavy atom. The largest absolute Gasteiger partial charge is 0.310 e. The smallest absolute Gasteiger partial charge is 0.252 e. The first-order valence-corrected chi connectivity index (χ1v) is 35.8. The predicted molar refractivity (Wildman–Crippen MR) is 424 cm³/mol. The van der Waals surface area contributed by atoms with E-state index in [1.54, 1.807) is 0 Å². The summed E-state index contributed by atoms with van der Waals surface area (Å²) in [6.07, 6.45) is 16.5. The number of benzene rings is 12. The molecule has 0 bridgehead atoms. The van der Waals surface area contributed by atoms with Crippen molar-refractivity contribution in [1.29, 1.82) is 0 Å². The molecule has 478 valence electrons. The zero-order chi connectivity index (χ0) is 67.1. The maximum atomic E-state index is 2.74. The minimum absolute atomic E-state index is 0.00780. The van der Waals surface area contributed by atoms with Gasteiger partial charge < -0.3 is 14.4 Å². The van der Waals surface area contributed by atoms with Crippen LogP contribution in [0, 0.1) is 28.6 Å². The zero-order valence-corrected chi connectivity index (χ0v) is 57.5. The fraction of sp³-hybridized carbons (Fsp3) is 0.125. The molecule has 4 aliphatic carbocycles. The quantitative estimate of drug-likeness (QED) is 0.133. The third-order valence-corrected chi connectivity index (χ3v) is 22.5. The van der Waals surface area contributed by atoms with Gasteiger partial charge in [-0.05, 0) is 143 Å². The van der Waals surface area contributed by atoms with E-state index < -0.39 is 0 Å². The summed E-state index contributed by atoms with van der Waals surface area (Å²) in [5.41, 5.74) is 35.3. The molecular weight excluding hydrogens is 1210 g/mol. The van der Waals surface area contributed by atoms with Crippen molar-refractivity contribution < 1.29 is 0 Å². The SMILES string of the molecule is CC(C)(C)C1=CC2=CC(c3ccc4c(c3)N(c3c(-c5ccccc5)cccc3-c3ccccc3)c3cc(-n5c6ccccc6c6ccccc65)cc5c3B4c3ccc(-c4ccccc4)cc3N5c3c(-c4ccccc4)cccc3-c3ccccc3)=C3C=C(C(C)(C)C)CC4C=CC(=C1)C2C34. The first-order valence-electron chi connectivity index (χ1n) is 35.8. The third-order valence-electron chi connectivity index (χ3n) is 22.5. The van der Waals surface area contributed by atoms with E-state index in [4.69, 9.17) is 0 Å². The van der Waals surface area contributed by atoms with Crippen LogP contribution < -0.4 is 26.2 Å². The van der Waals surface area contributed by atoms with Crippen molar-refractivity contribution in [3.63, 3.8) is 0 Å². The van der Waals surface area contributed by atoms with Crippen molar-refractivity contribution in [3.05, 3.63) is 355 Å². The van der Waals surface area contributed by atoms with Gasteiger partial charge in [-0.1, -0.05) is 332 Å². The Bertz CT molecular complexity index is 5540. The highest BCUT2D eigenvalue weighted by Crippen LogP contribution is 2.59. The van der Waals surface area contributed by atoms with E-state index in [1.165, 1.54) is 77.4 Å². The second-order valence-corrected chi connectivity index (χ2v) is 30.3. The minimum Gasteiger partial charge on any atom is -0.310 e. The van der Waals surface area contributed by atoms with Crippen LogP contribution in [0.4, 0.5) is 34.1 Å². The Hall–Kier alpha value is -11.5. The Labute approximate surface area is 588 Å². The molecule has 3 unspecified atom stereocenters. The molecule has 3 heterocycles. The summed E-state index contributed by atoms with van der Waals surface area (Å²) in [6.45, 7) is 14.1. The highest BCUT2D eigenvalue weighted by atomic mass is 15.2. The molecule has 19 rings (SSSR count). The lowest BCUT2D eigenvalue weighted by Gasteiger charge is -2.48. The Balaban J connectivity index is 0.991. The van der Waals surface area contributed by atoms with E-state index in [0.29, 0.717) is 17.8 Å². The van der Waals surface area contributed by atoms with Gasteiger partial charge in [0.2, 0.25) is 0 Å². The molecule has 0 spiro atoms. The van der Waals surface area contributed by atoms with Gasteiger partial charge in [0.05, 0.1) is 28.1 Å². The predicted octanol–water partition coefficient (Wildman–Crippen LogP) is 23.6. The summed E-state index contributed by atoms with van der Waals surface area (Å²) in [5, 5.41) is 2.44. The van der Waals surface area contributed by atoms with E-state index >= 15 is 0 Å². The topological polar surface area (TPSA) is 11.4 Å². The van der Waals surface area contributed by atoms with Crippen molar-refractivity contribution in [2.45, 2.75) is 48.0 Å². The molecule has 6 aliphatic rings. The van der Waals surface area contributed by atoms with Gasteiger partial charge in [0.25, 0.3) is 6.71 Å². The molecular formula is C96H76BN3. The fourth-order valence-electron chi connectivity index (χ4n) is 17.7. The summed E-state index contributed by atoms with van der Waals surface area (Å²) in [5.74, 6) is 0.971. The van der Waals surface area contributed by atoms with Crippen LogP contribution in [-0.2, 0) is 0 Å². The lowest BCUT2D eigenvalue weighted by Crippen LogP contribution is -2.61. The van der Waals surface area contributed by atoms with Crippen molar-refractivity contribution >= 4 is 84.6 Å². The monoisotopic (exact) mass is 1280 g/mol. The van der Waals surface area contributed by atoms with Gasteiger partial charge in [-0.2, -0.15) is 0 Å². The minimum atomic E-state index is -0.216. The average Bonchev–Trinajstić information content (AvgIpc) is 0.878. The molecule has 3 atom stereocenters. The third kappa shape index (κ3) is 9.55. The molecule has 0 saturated heterocycles. The van der Waals surface area contributed by atoms with Crippen LogP contribution in [0.3, 0.4) is 0 Å². The Morgan fingerprint density at radius 2 is 0.820 bits per heavy atom. The van der Waals surface area contributed by atoms with Crippen LogP contribution in [0.2, 0.25) is 0 Å². The van der Waals surface area contributed by atoms with E-state index in [0.717, 1.165) is 102 Å². The number of anilines is 6. The van der Waals surface area contributed by atoms with E-state index in [9.17, 15) is 0 Å². The summed E-state index contributed by atoms with van der Waals surface area (Å²) in [6, 6.07) is 108. The van der Waals surface area contributed by atoms with Crippen molar-refractivity contribution in [2.75, 3.05) is 9.80 Å². The normalized spacial score (nSPS) is 17.3. The zero-order valence-electron chi connectivity index (χ0n) is 57.5. The van der Waals surface area contributed by atoms with Gasteiger partial charge in [-0.25, -0.2) is 0 Å². The molecule has 2 aliphatic heterocycles.